The molecule has 0 saturated carbocycles. The van der Waals surface area contributed by atoms with E-state index in [1.54, 1.807) is 0 Å². The Kier molecular flexibility index (Phi) is 3.31. The second-order valence-electron chi connectivity index (χ2n) is 2.54. The molecule has 0 amide bonds. The lowest BCUT2D eigenvalue weighted by molar-refractivity contribution is -0.130. The Hall–Kier alpha value is -0.620. The topological polar surface area (TPSA) is 37.3 Å². The lowest BCUT2D eigenvalue weighted by Crippen LogP contribution is -1.95. The summed E-state index contributed by atoms with van der Waals surface area (Å²) in [6.45, 7) is 0. The van der Waals surface area contributed by atoms with Gasteiger partial charge in [-0.25, -0.2) is 4.79 Å². The van der Waals surface area contributed by atoms with Crippen LogP contribution in [0.4, 0.5) is 0 Å². The Bertz CT molecular complexity index is 196. The van der Waals surface area contributed by atoms with Crippen molar-refractivity contribution in [2.45, 2.75) is 12.8 Å². The number of carboxylic acid groups (broad SMARTS) is 1. The lowest BCUT2D eigenvalue weighted by Gasteiger charge is -1.98. The minimum atomic E-state index is -1.02. The largest absolute Gasteiger partial charge is 0.472 e. The monoisotopic (exact) mass is 170 g/mol. The first-order valence-electron chi connectivity index (χ1n) is 3.58. The first-order chi connectivity index (χ1) is 5.29. The van der Waals surface area contributed by atoms with Gasteiger partial charge in [-0.2, -0.15) is 11.8 Å². The van der Waals surface area contributed by atoms with E-state index in [0.717, 1.165) is 12.2 Å². The molecule has 0 spiro atoms. The average Bonchev–Trinajstić information content (AvgIpc) is 2.39. The standard InChI is InChI=1S/C8H10O2S/c9-8(10)3-1-2-7-4-5-11-6-7/h7H,2,4-6H2,(H,9,10). The molecule has 0 radical (unpaired) electrons. The van der Waals surface area contributed by atoms with E-state index in [-0.39, 0.29) is 0 Å². The molecule has 1 N–H and O–H groups in total. The molecule has 11 heavy (non-hydrogen) atoms. The van der Waals surface area contributed by atoms with Crippen molar-refractivity contribution in [2.24, 2.45) is 5.92 Å². The van der Waals surface area contributed by atoms with Crippen LogP contribution >= 0.6 is 11.8 Å². The van der Waals surface area contributed by atoms with Crippen molar-refractivity contribution in [2.75, 3.05) is 11.5 Å². The molecule has 0 bridgehead atoms. The highest BCUT2D eigenvalue weighted by molar-refractivity contribution is 7.99. The third-order valence-electron chi connectivity index (χ3n) is 1.61. The zero-order chi connectivity index (χ0) is 8.10. The first-order valence-corrected chi connectivity index (χ1v) is 4.74. The minimum Gasteiger partial charge on any atom is -0.472 e. The van der Waals surface area contributed by atoms with Crippen molar-refractivity contribution in [1.82, 2.24) is 0 Å². The number of hydrogen-bond donors (Lipinski definition) is 1. The fourth-order valence-electron chi connectivity index (χ4n) is 1.02. The van der Waals surface area contributed by atoms with E-state index >= 15 is 0 Å². The molecule has 1 heterocycles. The zero-order valence-corrected chi connectivity index (χ0v) is 6.99. The SMILES string of the molecule is O=C(O)C#CCC1CCSC1. The van der Waals surface area contributed by atoms with Crippen LogP contribution in [0.25, 0.3) is 0 Å². The Morgan fingerprint density at radius 1 is 1.73 bits per heavy atom. The fraction of sp³-hybridized carbons (Fsp3) is 0.625. The van der Waals surface area contributed by atoms with Crippen LogP contribution in [0.5, 0.6) is 0 Å². The maximum atomic E-state index is 9.99. The van der Waals surface area contributed by atoms with E-state index < -0.39 is 5.97 Å². The van der Waals surface area contributed by atoms with Crippen LogP contribution in [0.1, 0.15) is 12.8 Å². The Morgan fingerprint density at radius 2 is 2.55 bits per heavy atom. The van der Waals surface area contributed by atoms with E-state index in [0.29, 0.717) is 5.92 Å². The molecule has 1 rings (SSSR count). The number of hydrogen-bond acceptors (Lipinski definition) is 2. The van der Waals surface area contributed by atoms with Crippen LogP contribution in [0.15, 0.2) is 0 Å². The van der Waals surface area contributed by atoms with Crippen molar-refractivity contribution in [1.29, 1.82) is 0 Å². The van der Waals surface area contributed by atoms with Gasteiger partial charge in [0.1, 0.15) is 0 Å². The van der Waals surface area contributed by atoms with Crippen molar-refractivity contribution in [3.63, 3.8) is 0 Å². The highest BCUT2D eigenvalue weighted by Crippen LogP contribution is 2.25. The van der Waals surface area contributed by atoms with Gasteiger partial charge in [0.15, 0.2) is 0 Å². The number of thioether (sulfide) groups is 1. The molecule has 3 heteroatoms. The van der Waals surface area contributed by atoms with E-state index in [1.165, 1.54) is 12.2 Å². The van der Waals surface area contributed by atoms with Crippen molar-refractivity contribution < 1.29 is 9.90 Å². The normalized spacial score (nSPS) is 22.4. The Balaban J connectivity index is 2.22. The molecule has 1 aliphatic rings. The van der Waals surface area contributed by atoms with Gasteiger partial charge in [-0.3, -0.25) is 0 Å². The van der Waals surface area contributed by atoms with Gasteiger partial charge in [0.05, 0.1) is 0 Å². The maximum absolute atomic E-state index is 9.99. The van der Waals surface area contributed by atoms with Crippen LogP contribution in [-0.2, 0) is 4.79 Å². The van der Waals surface area contributed by atoms with Crippen molar-refractivity contribution in [3.05, 3.63) is 0 Å². The van der Waals surface area contributed by atoms with Gasteiger partial charge in [-0.1, -0.05) is 5.92 Å². The summed E-state index contributed by atoms with van der Waals surface area (Å²) in [6.07, 6.45) is 1.94. The summed E-state index contributed by atoms with van der Waals surface area (Å²) in [7, 11) is 0. The number of carbonyl (C=O) groups is 1. The van der Waals surface area contributed by atoms with E-state index in [9.17, 15) is 4.79 Å². The molecule has 0 aliphatic carbocycles. The third kappa shape index (κ3) is 3.33. The average molecular weight is 170 g/mol. The molecular weight excluding hydrogens is 160 g/mol. The minimum absolute atomic E-state index is 0.631. The second-order valence-corrected chi connectivity index (χ2v) is 3.69. The van der Waals surface area contributed by atoms with Crippen LogP contribution in [0.3, 0.4) is 0 Å². The van der Waals surface area contributed by atoms with Gasteiger partial charge in [0, 0.05) is 12.3 Å². The van der Waals surface area contributed by atoms with Crippen molar-refractivity contribution in [3.8, 4) is 11.8 Å². The lowest BCUT2D eigenvalue weighted by atomic mass is 10.1. The van der Waals surface area contributed by atoms with Gasteiger partial charge < -0.3 is 5.11 Å². The molecule has 1 saturated heterocycles. The molecule has 0 aromatic heterocycles. The molecule has 1 fully saturated rings. The molecule has 2 nitrogen and oxygen atoms in total. The fourth-order valence-corrected chi connectivity index (χ4v) is 2.30. The van der Waals surface area contributed by atoms with E-state index in [4.69, 9.17) is 5.11 Å². The zero-order valence-electron chi connectivity index (χ0n) is 6.17. The first kappa shape index (κ1) is 8.48. The summed E-state index contributed by atoms with van der Waals surface area (Å²) < 4.78 is 0. The molecule has 1 aliphatic heterocycles. The molecular formula is C8H10O2S. The molecule has 0 aromatic rings. The summed E-state index contributed by atoms with van der Waals surface area (Å²) in [5.41, 5.74) is 0. The summed E-state index contributed by atoms with van der Waals surface area (Å²) in [4.78, 5) is 9.99. The van der Waals surface area contributed by atoms with Gasteiger partial charge in [-0.05, 0) is 23.8 Å². The van der Waals surface area contributed by atoms with Gasteiger partial charge in [0.2, 0.25) is 0 Å². The quantitative estimate of drug-likeness (QED) is 0.601. The van der Waals surface area contributed by atoms with E-state index in [2.05, 4.69) is 11.8 Å². The molecule has 60 valence electrons. The highest BCUT2D eigenvalue weighted by atomic mass is 32.2. The molecule has 1 atom stereocenters. The van der Waals surface area contributed by atoms with Gasteiger partial charge in [-0.15, -0.1) is 0 Å². The van der Waals surface area contributed by atoms with Crippen LogP contribution in [0, 0.1) is 17.8 Å². The predicted molar refractivity (Wildman–Crippen MR) is 45.5 cm³/mol. The Morgan fingerprint density at radius 3 is 3.09 bits per heavy atom. The van der Waals surface area contributed by atoms with Gasteiger partial charge >= 0.3 is 5.97 Å². The Labute approximate surface area is 70.4 Å². The maximum Gasteiger partial charge on any atom is 0.381 e. The smallest absolute Gasteiger partial charge is 0.381 e. The third-order valence-corrected chi connectivity index (χ3v) is 2.84. The number of carboxylic acids is 1. The number of rotatable bonds is 1. The summed E-state index contributed by atoms with van der Waals surface area (Å²) in [6, 6.07) is 0. The van der Waals surface area contributed by atoms with Gasteiger partial charge in [0.25, 0.3) is 0 Å². The highest BCUT2D eigenvalue weighted by Gasteiger charge is 2.13. The number of aliphatic carboxylic acids is 1. The predicted octanol–water partition coefficient (Wildman–Crippen LogP) is 1.22. The van der Waals surface area contributed by atoms with Crippen molar-refractivity contribution >= 4 is 17.7 Å². The van der Waals surface area contributed by atoms with E-state index in [1.807, 2.05) is 11.8 Å². The second kappa shape index (κ2) is 4.30. The van der Waals surface area contributed by atoms with Crippen LogP contribution in [0.2, 0.25) is 0 Å². The molecule has 1 unspecified atom stereocenters. The summed E-state index contributed by atoms with van der Waals surface area (Å²) in [5, 5.41) is 8.21. The van der Waals surface area contributed by atoms with Crippen LogP contribution in [-0.4, -0.2) is 22.6 Å². The summed E-state index contributed by atoms with van der Waals surface area (Å²) in [5.74, 6) is 6.76. The van der Waals surface area contributed by atoms with Crippen LogP contribution < -0.4 is 0 Å². The summed E-state index contributed by atoms with van der Waals surface area (Å²) >= 11 is 1.93. The molecule has 0 aromatic carbocycles.